The Balaban J connectivity index is 2.57. The second-order valence-corrected chi connectivity index (χ2v) is 4.42. The van der Waals surface area contributed by atoms with E-state index in [1.807, 2.05) is 7.05 Å². The lowest BCUT2D eigenvalue weighted by molar-refractivity contribution is 0.499. The minimum atomic E-state index is -0.403. The molecule has 0 spiro atoms. The highest BCUT2D eigenvalue weighted by molar-refractivity contribution is 6.32. The lowest BCUT2D eigenvalue weighted by Crippen LogP contribution is -2.29. The molecule has 1 aromatic carbocycles. The molecule has 0 fully saturated rings. The highest BCUT2D eigenvalue weighted by Gasteiger charge is 2.10. The Kier molecular flexibility index (Phi) is 6.53. The lowest BCUT2D eigenvalue weighted by atomic mass is 10.1. The summed E-state index contributed by atoms with van der Waals surface area (Å²) in [7, 11) is 1.83. The summed E-state index contributed by atoms with van der Waals surface area (Å²) in [5, 5.41) is 3.32. The molecule has 1 aromatic rings. The summed E-state index contributed by atoms with van der Waals surface area (Å²) >= 11 is 5.96. The summed E-state index contributed by atoms with van der Waals surface area (Å²) in [5.74, 6) is -0.403. The maximum Gasteiger partial charge on any atom is 0.133 e. The van der Waals surface area contributed by atoms with Crippen LogP contribution in [-0.2, 0) is 0 Å². The van der Waals surface area contributed by atoms with Crippen LogP contribution in [0, 0.1) is 5.82 Å². The summed E-state index contributed by atoms with van der Waals surface area (Å²) < 4.78 is 13.7. The molecule has 0 saturated carbocycles. The molecule has 3 nitrogen and oxygen atoms in total. The molecule has 0 aromatic heterocycles. The first-order chi connectivity index (χ1) is 9.56. The Labute approximate surface area is 123 Å². The van der Waals surface area contributed by atoms with E-state index in [-0.39, 0.29) is 5.56 Å². The van der Waals surface area contributed by atoms with Gasteiger partial charge in [0, 0.05) is 18.9 Å². The van der Waals surface area contributed by atoms with Crippen molar-refractivity contribution in [3.8, 4) is 0 Å². The topological polar surface area (TPSA) is 27.6 Å². The van der Waals surface area contributed by atoms with Crippen LogP contribution in [0.5, 0.6) is 0 Å². The van der Waals surface area contributed by atoms with Gasteiger partial charge in [-0.25, -0.2) is 9.38 Å². The summed E-state index contributed by atoms with van der Waals surface area (Å²) in [6.07, 6.45) is 6.60. The van der Waals surface area contributed by atoms with Crippen molar-refractivity contribution in [1.82, 2.24) is 10.2 Å². The van der Waals surface area contributed by atoms with E-state index in [1.54, 1.807) is 41.7 Å². The van der Waals surface area contributed by atoms with Gasteiger partial charge >= 0.3 is 0 Å². The molecule has 0 heterocycles. The van der Waals surface area contributed by atoms with E-state index in [4.69, 9.17) is 11.6 Å². The van der Waals surface area contributed by atoms with E-state index >= 15 is 0 Å². The Morgan fingerprint density at radius 2 is 2.30 bits per heavy atom. The van der Waals surface area contributed by atoms with Crippen LogP contribution < -0.4 is 5.32 Å². The van der Waals surface area contributed by atoms with Crippen molar-refractivity contribution >= 4 is 23.6 Å². The maximum atomic E-state index is 13.7. The van der Waals surface area contributed by atoms with Gasteiger partial charge in [0.25, 0.3) is 0 Å². The Bertz CT molecular complexity index is 518. The Morgan fingerprint density at radius 1 is 1.55 bits per heavy atom. The van der Waals surface area contributed by atoms with E-state index in [9.17, 15) is 4.39 Å². The van der Waals surface area contributed by atoms with Crippen LogP contribution in [0.2, 0.25) is 5.02 Å². The summed E-state index contributed by atoms with van der Waals surface area (Å²) in [5.41, 5.74) is 0.709. The largest absolute Gasteiger partial charge is 0.368 e. The number of allylic oxidation sites excluding steroid dienone is 2. The summed E-state index contributed by atoms with van der Waals surface area (Å²) in [6, 6.07) is 4.52. The molecule has 106 valence electrons. The van der Waals surface area contributed by atoms with Gasteiger partial charge in [-0.1, -0.05) is 36.9 Å². The third-order valence-electron chi connectivity index (χ3n) is 2.38. The van der Waals surface area contributed by atoms with Gasteiger partial charge in [-0.05, 0) is 18.2 Å². The first-order valence-corrected chi connectivity index (χ1v) is 6.32. The molecular weight excluding hydrogens is 277 g/mol. The number of rotatable bonds is 7. The molecule has 5 heteroatoms. The molecule has 0 unspecified atom stereocenters. The highest BCUT2D eigenvalue weighted by atomic mass is 35.5. The fraction of sp³-hybridized carbons (Fsp3) is 0.133. The van der Waals surface area contributed by atoms with Gasteiger partial charge in [-0.3, -0.25) is 0 Å². The zero-order valence-electron chi connectivity index (χ0n) is 11.3. The number of halogens is 2. The summed E-state index contributed by atoms with van der Waals surface area (Å²) in [4.78, 5) is 5.81. The van der Waals surface area contributed by atoms with Gasteiger partial charge in [0.2, 0.25) is 0 Å². The van der Waals surface area contributed by atoms with Crippen LogP contribution in [0.1, 0.15) is 5.56 Å². The van der Waals surface area contributed by atoms with Crippen LogP contribution in [0.15, 0.2) is 54.7 Å². The van der Waals surface area contributed by atoms with E-state index in [2.05, 4.69) is 23.5 Å². The third-order valence-corrected chi connectivity index (χ3v) is 2.69. The normalized spacial score (nSPS) is 10.9. The van der Waals surface area contributed by atoms with Crippen LogP contribution in [0.25, 0.3) is 5.70 Å². The van der Waals surface area contributed by atoms with Crippen LogP contribution in [0.3, 0.4) is 0 Å². The van der Waals surface area contributed by atoms with Crippen molar-refractivity contribution in [2.24, 2.45) is 4.99 Å². The van der Waals surface area contributed by atoms with E-state index < -0.39 is 5.82 Å². The standard InChI is InChI=1S/C15H17ClFN3/c1-4-5-9-18-10-20(3)11-19-12(2)15-13(16)7-6-8-14(15)17/h4-10,19H,1-2,11H2,3H3/b9-5+,18-10?. The van der Waals surface area contributed by atoms with Crippen molar-refractivity contribution < 1.29 is 4.39 Å². The monoisotopic (exact) mass is 293 g/mol. The minimum Gasteiger partial charge on any atom is -0.368 e. The zero-order chi connectivity index (χ0) is 15.0. The van der Waals surface area contributed by atoms with Gasteiger partial charge < -0.3 is 10.2 Å². The average Bonchev–Trinajstić information content (AvgIpc) is 2.41. The van der Waals surface area contributed by atoms with E-state index in [1.165, 1.54) is 6.07 Å². The predicted molar refractivity (Wildman–Crippen MR) is 84.0 cm³/mol. The molecule has 20 heavy (non-hydrogen) atoms. The fourth-order valence-corrected chi connectivity index (χ4v) is 1.68. The molecule has 1 rings (SSSR count). The molecule has 0 saturated heterocycles. The first kappa shape index (κ1) is 16.0. The zero-order valence-corrected chi connectivity index (χ0v) is 12.1. The van der Waals surface area contributed by atoms with Gasteiger partial charge in [-0.2, -0.15) is 0 Å². The minimum absolute atomic E-state index is 0.283. The molecule has 1 N–H and O–H groups in total. The molecular formula is C15H17ClFN3. The lowest BCUT2D eigenvalue weighted by Gasteiger charge is -2.17. The average molecular weight is 294 g/mol. The first-order valence-electron chi connectivity index (χ1n) is 5.94. The number of nitrogens with one attached hydrogen (secondary N) is 1. The van der Waals surface area contributed by atoms with Gasteiger partial charge in [-0.15, -0.1) is 0 Å². The number of nitrogens with zero attached hydrogens (tertiary/aromatic N) is 2. The third kappa shape index (κ3) is 4.90. The smallest absolute Gasteiger partial charge is 0.133 e. The van der Waals surface area contributed by atoms with E-state index in [0.717, 1.165) is 0 Å². The van der Waals surface area contributed by atoms with Crippen molar-refractivity contribution in [2.75, 3.05) is 13.7 Å². The van der Waals surface area contributed by atoms with Crippen molar-refractivity contribution in [3.05, 3.63) is 66.1 Å². The quantitative estimate of drug-likeness (QED) is 0.360. The molecule has 0 bridgehead atoms. The second-order valence-electron chi connectivity index (χ2n) is 4.01. The number of hydrogen-bond acceptors (Lipinski definition) is 2. The van der Waals surface area contributed by atoms with Crippen molar-refractivity contribution in [2.45, 2.75) is 0 Å². The van der Waals surface area contributed by atoms with Crippen LogP contribution >= 0.6 is 11.6 Å². The SMILES string of the molecule is C=C/C=C/N=CN(C)CNC(=C)c1c(F)cccc1Cl. The maximum absolute atomic E-state index is 13.7. The second kappa shape index (κ2) is 8.17. The van der Waals surface area contributed by atoms with Crippen LogP contribution in [0.4, 0.5) is 4.39 Å². The Hall–Kier alpha value is -2.07. The molecule has 0 amide bonds. The van der Waals surface area contributed by atoms with Crippen molar-refractivity contribution in [3.63, 3.8) is 0 Å². The molecule has 0 aliphatic heterocycles. The molecule has 0 aliphatic carbocycles. The number of hydrogen-bond donors (Lipinski definition) is 1. The van der Waals surface area contributed by atoms with Gasteiger partial charge in [0.05, 0.1) is 23.6 Å². The van der Waals surface area contributed by atoms with E-state index in [0.29, 0.717) is 17.4 Å². The van der Waals surface area contributed by atoms with Gasteiger partial charge in [0.1, 0.15) is 5.82 Å². The van der Waals surface area contributed by atoms with Gasteiger partial charge in [0.15, 0.2) is 0 Å². The highest BCUT2D eigenvalue weighted by Crippen LogP contribution is 2.23. The molecule has 0 atom stereocenters. The Morgan fingerprint density at radius 3 is 2.95 bits per heavy atom. The number of benzene rings is 1. The summed E-state index contributed by atoms with van der Waals surface area (Å²) in [6.45, 7) is 7.76. The van der Waals surface area contributed by atoms with Crippen molar-refractivity contribution in [1.29, 1.82) is 0 Å². The molecule has 0 radical (unpaired) electrons. The van der Waals surface area contributed by atoms with Crippen LogP contribution in [-0.4, -0.2) is 25.0 Å². The molecule has 0 aliphatic rings. The fourth-order valence-electron chi connectivity index (χ4n) is 1.40. The number of aliphatic imine (C=N–C) groups is 1. The predicted octanol–water partition coefficient (Wildman–Crippen LogP) is 3.66.